The molecule has 18 heavy (non-hydrogen) atoms. The average Bonchev–Trinajstić information content (AvgIpc) is 2.37. The van der Waals surface area contributed by atoms with Gasteiger partial charge in [0.1, 0.15) is 5.75 Å². The predicted octanol–water partition coefficient (Wildman–Crippen LogP) is 4.18. The molecule has 0 aliphatic carbocycles. The van der Waals surface area contributed by atoms with Gasteiger partial charge in [-0.3, -0.25) is 0 Å². The molecule has 94 valence electrons. The highest BCUT2D eigenvalue weighted by atomic mass is 16.3. The molecule has 1 unspecified atom stereocenters. The summed E-state index contributed by atoms with van der Waals surface area (Å²) in [5, 5.41) is 13.1. The van der Waals surface area contributed by atoms with Gasteiger partial charge >= 0.3 is 0 Å². The van der Waals surface area contributed by atoms with Crippen LogP contribution in [0.15, 0.2) is 42.5 Å². The molecule has 0 aromatic heterocycles. The topological polar surface area (TPSA) is 32.3 Å². The summed E-state index contributed by atoms with van der Waals surface area (Å²) in [5.74, 6) is 0.352. The van der Waals surface area contributed by atoms with E-state index in [1.54, 1.807) is 6.07 Å². The largest absolute Gasteiger partial charge is 0.508 e. The van der Waals surface area contributed by atoms with E-state index >= 15 is 0 Å². The predicted molar refractivity (Wildman–Crippen MR) is 76.1 cm³/mol. The quantitative estimate of drug-likeness (QED) is 0.790. The fourth-order valence-electron chi connectivity index (χ4n) is 2.01. The average molecular weight is 241 g/mol. The van der Waals surface area contributed by atoms with Crippen molar-refractivity contribution in [3.8, 4) is 5.75 Å². The van der Waals surface area contributed by atoms with Crippen LogP contribution in [0.2, 0.25) is 0 Å². The highest BCUT2D eigenvalue weighted by molar-refractivity contribution is 5.57. The summed E-state index contributed by atoms with van der Waals surface area (Å²) in [6.45, 7) is 6.04. The molecule has 2 aromatic rings. The van der Waals surface area contributed by atoms with Crippen LogP contribution in [-0.2, 0) is 0 Å². The molecule has 2 aromatic carbocycles. The molecule has 0 amide bonds. The van der Waals surface area contributed by atoms with Crippen LogP contribution in [0.25, 0.3) is 0 Å². The Bertz CT molecular complexity index is 534. The van der Waals surface area contributed by atoms with E-state index in [9.17, 15) is 5.11 Å². The van der Waals surface area contributed by atoms with E-state index in [1.165, 1.54) is 5.56 Å². The summed E-state index contributed by atoms with van der Waals surface area (Å²) in [5.41, 5.74) is 4.27. The van der Waals surface area contributed by atoms with Crippen molar-refractivity contribution in [2.24, 2.45) is 0 Å². The third-order valence-electron chi connectivity index (χ3n) is 3.21. The van der Waals surface area contributed by atoms with Crippen molar-refractivity contribution in [2.75, 3.05) is 5.32 Å². The van der Waals surface area contributed by atoms with Gasteiger partial charge in [0.15, 0.2) is 0 Å². The fraction of sp³-hybridized carbons (Fsp3) is 0.250. The van der Waals surface area contributed by atoms with Crippen LogP contribution in [0.3, 0.4) is 0 Å². The molecule has 0 fully saturated rings. The van der Waals surface area contributed by atoms with E-state index in [1.807, 2.05) is 38.1 Å². The lowest BCUT2D eigenvalue weighted by atomic mass is 10.1. The van der Waals surface area contributed by atoms with E-state index in [4.69, 9.17) is 0 Å². The second kappa shape index (κ2) is 5.13. The first kappa shape index (κ1) is 12.5. The number of aromatic hydroxyl groups is 1. The fourth-order valence-corrected chi connectivity index (χ4v) is 2.01. The van der Waals surface area contributed by atoms with Crippen molar-refractivity contribution >= 4 is 5.69 Å². The minimum Gasteiger partial charge on any atom is -0.508 e. The van der Waals surface area contributed by atoms with E-state index in [-0.39, 0.29) is 6.04 Å². The summed E-state index contributed by atoms with van der Waals surface area (Å²) in [6, 6.07) is 14.4. The number of aryl methyl sites for hydroxylation is 2. The lowest BCUT2D eigenvalue weighted by Gasteiger charge is -2.18. The van der Waals surface area contributed by atoms with Gasteiger partial charge in [-0.05, 0) is 49.6 Å². The highest BCUT2D eigenvalue weighted by Crippen LogP contribution is 2.27. The van der Waals surface area contributed by atoms with Gasteiger partial charge in [0.05, 0.1) is 0 Å². The first-order valence-corrected chi connectivity index (χ1v) is 6.19. The van der Waals surface area contributed by atoms with Crippen molar-refractivity contribution in [3.05, 3.63) is 59.2 Å². The van der Waals surface area contributed by atoms with Crippen LogP contribution in [0.5, 0.6) is 5.75 Å². The molecule has 0 spiro atoms. The molecule has 0 saturated heterocycles. The maximum atomic E-state index is 9.65. The van der Waals surface area contributed by atoms with Crippen LogP contribution < -0.4 is 5.32 Å². The SMILES string of the molecule is Cc1cc(NC(C)c2ccccc2)c(C)cc1O. The number of phenolic OH excluding ortho intramolecular Hbond substituents is 1. The summed E-state index contributed by atoms with van der Waals surface area (Å²) in [4.78, 5) is 0. The number of rotatable bonds is 3. The molecule has 0 saturated carbocycles. The van der Waals surface area contributed by atoms with Crippen LogP contribution in [0.4, 0.5) is 5.69 Å². The molecule has 2 heteroatoms. The van der Waals surface area contributed by atoms with Crippen LogP contribution >= 0.6 is 0 Å². The molecule has 2 N–H and O–H groups in total. The monoisotopic (exact) mass is 241 g/mol. The summed E-state index contributed by atoms with van der Waals surface area (Å²) >= 11 is 0. The zero-order valence-corrected chi connectivity index (χ0v) is 11.1. The normalized spacial score (nSPS) is 12.2. The molecule has 2 nitrogen and oxygen atoms in total. The molecule has 0 aliphatic rings. The van der Waals surface area contributed by atoms with Crippen LogP contribution in [0, 0.1) is 13.8 Å². The van der Waals surface area contributed by atoms with Gasteiger partial charge < -0.3 is 10.4 Å². The Kier molecular flexibility index (Phi) is 3.56. The van der Waals surface area contributed by atoms with Gasteiger partial charge in [0.25, 0.3) is 0 Å². The van der Waals surface area contributed by atoms with Crippen molar-refractivity contribution in [1.29, 1.82) is 0 Å². The Morgan fingerprint density at radius 3 is 2.33 bits per heavy atom. The summed E-state index contributed by atoms with van der Waals surface area (Å²) in [6.07, 6.45) is 0. The molecule has 1 atom stereocenters. The van der Waals surface area contributed by atoms with Gasteiger partial charge in [-0.2, -0.15) is 0 Å². The second-order valence-electron chi connectivity index (χ2n) is 4.73. The Morgan fingerprint density at radius 1 is 1.00 bits per heavy atom. The van der Waals surface area contributed by atoms with E-state index in [2.05, 4.69) is 24.4 Å². The second-order valence-corrected chi connectivity index (χ2v) is 4.73. The minimum atomic E-state index is 0.244. The third-order valence-corrected chi connectivity index (χ3v) is 3.21. The van der Waals surface area contributed by atoms with Gasteiger partial charge in [-0.25, -0.2) is 0 Å². The van der Waals surface area contributed by atoms with Crippen molar-refractivity contribution in [3.63, 3.8) is 0 Å². The molecule has 2 rings (SSSR count). The Morgan fingerprint density at radius 2 is 1.67 bits per heavy atom. The van der Waals surface area contributed by atoms with E-state index in [0.29, 0.717) is 5.75 Å². The number of benzene rings is 2. The van der Waals surface area contributed by atoms with E-state index in [0.717, 1.165) is 16.8 Å². The Balaban J connectivity index is 2.22. The zero-order chi connectivity index (χ0) is 13.1. The van der Waals surface area contributed by atoms with Gasteiger partial charge in [-0.15, -0.1) is 0 Å². The Labute approximate surface area is 108 Å². The first-order valence-electron chi connectivity index (χ1n) is 6.19. The number of hydrogen-bond acceptors (Lipinski definition) is 2. The van der Waals surface area contributed by atoms with Crippen molar-refractivity contribution in [1.82, 2.24) is 0 Å². The maximum absolute atomic E-state index is 9.65. The van der Waals surface area contributed by atoms with Gasteiger partial charge in [0, 0.05) is 11.7 Å². The van der Waals surface area contributed by atoms with Crippen LogP contribution in [-0.4, -0.2) is 5.11 Å². The minimum absolute atomic E-state index is 0.244. The van der Waals surface area contributed by atoms with Crippen molar-refractivity contribution < 1.29 is 5.11 Å². The zero-order valence-electron chi connectivity index (χ0n) is 11.1. The van der Waals surface area contributed by atoms with E-state index < -0.39 is 0 Å². The maximum Gasteiger partial charge on any atom is 0.118 e. The third kappa shape index (κ3) is 2.65. The van der Waals surface area contributed by atoms with Crippen molar-refractivity contribution in [2.45, 2.75) is 26.8 Å². The first-order chi connectivity index (χ1) is 8.58. The lowest BCUT2D eigenvalue weighted by molar-refractivity contribution is 0.470. The number of hydrogen-bond donors (Lipinski definition) is 2. The molecule has 0 bridgehead atoms. The molecule has 0 heterocycles. The highest BCUT2D eigenvalue weighted by Gasteiger charge is 2.08. The number of anilines is 1. The molecular weight excluding hydrogens is 222 g/mol. The summed E-state index contributed by atoms with van der Waals surface area (Å²) < 4.78 is 0. The number of nitrogens with one attached hydrogen (secondary N) is 1. The standard InChI is InChI=1S/C16H19NO/c1-11-10-16(18)12(2)9-15(11)17-13(3)14-7-5-4-6-8-14/h4-10,13,17-18H,1-3H3. The summed E-state index contributed by atoms with van der Waals surface area (Å²) in [7, 11) is 0. The van der Waals surface area contributed by atoms with Gasteiger partial charge in [-0.1, -0.05) is 30.3 Å². The lowest BCUT2D eigenvalue weighted by Crippen LogP contribution is -2.07. The molecule has 0 radical (unpaired) electrons. The molecule has 0 aliphatic heterocycles. The van der Waals surface area contributed by atoms with Gasteiger partial charge in [0.2, 0.25) is 0 Å². The smallest absolute Gasteiger partial charge is 0.118 e. The van der Waals surface area contributed by atoms with Crippen LogP contribution in [0.1, 0.15) is 29.7 Å². The number of phenols is 1. The Hall–Kier alpha value is -1.96. The molecular formula is C16H19NO.